The topological polar surface area (TPSA) is 82.4 Å². The predicted octanol–water partition coefficient (Wildman–Crippen LogP) is 3.03. The number of aromatic nitrogens is 4. The molecule has 1 amide bonds. The minimum Gasteiger partial charge on any atom is -0.497 e. The Morgan fingerprint density at radius 3 is 2.55 bits per heavy atom. The highest BCUT2D eigenvalue weighted by molar-refractivity contribution is 5.92. The standard InChI is InChI=1S/C21H23N5O3/c1-25-18(9-10-24-25)21(27)26-13-3-4-15(14-26)19-20(23-12-11-22-19)29-17-7-5-16(28-2)6-8-17/h5-12,15H,3-4,13-14H2,1-2H3. The Kier molecular flexibility index (Phi) is 5.41. The van der Waals surface area contributed by atoms with Gasteiger partial charge in [0.1, 0.15) is 22.9 Å². The van der Waals surface area contributed by atoms with Crippen LogP contribution in [-0.2, 0) is 7.05 Å². The van der Waals surface area contributed by atoms with Crippen molar-refractivity contribution in [2.45, 2.75) is 18.8 Å². The van der Waals surface area contributed by atoms with Gasteiger partial charge in [0, 0.05) is 44.6 Å². The monoisotopic (exact) mass is 393 g/mol. The first kappa shape index (κ1) is 18.9. The fraction of sp³-hybridized carbons (Fsp3) is 0.333. The highest BCUT2D eigenvalue weighted by Gasteiger charge is 2.29. The third-order valence-corrected chi connectivity index (χ3v) is 5.10. The molecule has 29 heavy (non-hydrogen) atoms. The number of aryl methyl sites for hydroxylation is 1. The number of piperidine rings is 1. The summed E-state index contributed by atoms with van der Waals surface area (Å²) in [7, 11) is 3.40. The molecule has 0 saturated carbocycles. The van der Waals surface area contributed by atoms with E-state index in [1.165, 1.54) is 0 Å². The second-order valence-corrected chi connectivity index (χ2v) is 6.95. The maximum Gasteiger partial charge on any atom is 0.272 e. The molecule has 0 bridgehead atoms. The van der Waals surface area contributed by atoms with Crippen LogP contribution in [0.2, 0.25) is 0 Å². The van der Waals surface area contributed by atoms with E-state index in [0.717, 1.165) is 30.8 Å². The second-order valence-electron chi connectivity index (χ2n) is 6.95. The van der Waals surface area contributed by atoms with Crippen LogP contribution in [0.5, 0.6) is 17.4 Å². The molecule has 8 heteroatoms. The van der Waals surface area contributed by atoms with Gasteiger partial charge in [0.2, 0.25) is 5.88 Å². The molecule has 2 aromatic heterocycles. The van der Waals surface area contributed by atoms with Gasteiger partial charge in [-0.3, -0.25) is 14.5 Å². The van der Waals surface area contributed by atoms with Crippen LogP contribution < -0.4 is 9.47 Å². The SMILES string of the molecule is COc1ccc(Oc2nccnc2C2CCCN(C(=O)c3ccnn3C)C2)cc1. The molecule has 1 atom stereocenters. The Bertz CT molecular complexity index is 986. The highest BCUT2D eigenvalue weighted by atomic mass is 16.5. The number of likely N-dealkylation sites (tertiary alicyclic amines) is 1. The molecule has 0 spiro atoms. The summed E-state index contributed by atoms with van der Waals surface area (Å²) in [6.07, 6.45) is 6.74. The van der Waals surface area contributed by atoms with Gasteiger partial charge in [-0.05, 0) is 43.2 Å². The zero-order chi connectivity index (χ0) is 20.2. The maximum atomic E-state index is 12.9. The summed E-state index contributed by atoms with van der Waals surface area (Å²) in [5.41, 5.74) is 1.35. The average molecular weight is 393 g/mol. The van der Waals surface area contributed by atoms with Crippen LogP contribution in [0.25, 0.3) is 0 Å². The molecule has 3 heterocycles. The number of benzene rings is 1. The Morgan fingerprint density at radius 2 is 1.83 bits per heavy atom. The normalized spacial score (nSPS) is 16.5. The fourth-order valence-electron chi connectivity index (χ4n) is 3.58. The van der Waals surface area contributed by atoms with E-state index in [2.05, 4.69) is 15.1 Å². The number of hydrogen-bond acceptors (Lipinski definition) is 6. The van der Waals surface area contributed by atoms with E-state index in [9.17, 15) is 4.79 Å². The maximum absolute atomic E-state index is 12.9. The predicted molar refractivity (Wildman–Crippen MR) is 106 cm³/mol. The highest BCUT2D eigenvalue weighted by Crippen LogP contribution is 2.33. The lowest BCUT2D eigenvalue weighted by atomic mass is 9.94. The molecule has 8 nitrogen and oxygen atoms in total. The van der Waals surface area contributed by atoms with Gasteiger partial charge in [0.05, 0.1) is 7.11 Å². The third-order valence-electron chi connectivity index (χ3n) is 5.10. The van der Waals surface area contributed by atoms with Crippen molar-refractivity contribution in [3.8, 4) is 17.4 Å². The van der Waals surface area contributed by atoms with Crippen molar-refractivity contribution in [2.24, 2.45) is 7.05 Å². The van der Waals surface area contributed by atoms with Gasteiger partial charge < -0.3 is 14.4 Å². The molecule has 1 aliphatic heterocycles. The van der Waals surface area contributed by atoms with Crippen molar-refractivity contribution in [3.63, 3.8) is 0 Å². The lowest BCUT2D eigenvalue weighted by Crippen LogP contribution is -2.40. The van der Waals surface area contributed by atoms with Gasteiger partial charge >= 0.3 is 0 Å². The van der Waals surface area contributed by atoms with Crippen LogP contribution >= 0.6 is 0 Å². The number of rotatable bonds is 5. The minimum atomic E-state index is -0.0174. The first-order chi connectivity index (χ1) is 14.2. The van der Waals surface area contributed by atoms with Gasteiger partial charge in [0.15, 0.2) is 0 Å². The van der Waals surface area contributed by atoms with E-state index in [1.807, 2.05) is 29.2 Å². The van der Waals surface area contributed by atoms with Crippen molar-refractivity contribution in [2.75, 3.05) is 20.2 Å². The molecule has 1 unspecified atom stereocenters. The van der Waals surface area contributed by atoms with Crippen LogP contribution in [-0.4, -0.2) is 50.8 Å². The van der Waals surface area contributed by atoms with Gasteiger partial charge in [-0.25, -0.2) is 4.98 Å². The third kappa shape index (κ3) is 4.06. The largest absolute Gasteiger partial charge is 0.497 e. The summed E-state index contributed by atoms with van der Waals surface area (Å²) in [5.74, 6) is 1.93. The van der Waals surface area contributed by atoms with Gasteiger partial charge in [-0.2, -0.15) is 5.10 Å². The average Bonchev–Trinajstić information content (AvgIpc) is 3.20. The molecule has 1 aromatic carbocycles. The molecule has 3 aromatic rings. The smallest absolute Gasteiger partial charge is 0.272 e. The molecular weight excluding hydrogens is 370 g/mol. The zero-order valence-electron chi connectivity index (χ0n) is 16.5. The summed E-state index contributed by atoms with van der Waals surface area (Å²) < 4.78 is 12.8. The van der Waals surface area contributed by atoms with Crippen LogP contribution in [0.3, 0.4) is 0 Å². The van der Waals surface area contributed by atoms with E-state index in [1.54, 1.807) is 43.5 Å². The first-order valence-electron chi connectivity index (χ1n) is 9.56. The number of amides is 1. The zero-order valence-corrected chi connectivity index (χ0v) is 16.5. The van der Waals surface area contributed by atoms with Gasteiger partial charge in [-0.15, -0.1) is 0 Å². The van der Waals surface area contributed by atoms with E-state index >= 15 is 0 Å². The van der Waals surface area contributed by atoms with Gasteiger partial charge in [0.25, 0.3) is 5.91 Å². The Hall–Kier alpha value is -3.42. The van der Waals surface area contributed by atoms with Gasteiger partial charge in [-0.1, -0.05) is 0 Å². The molecule has 1 fully saturated rings. The first-order valence-corrected chi connectivity index (χ1v) is 9.56. The van der Waals surface area contributed by atoms with Crippen LogP contribution in [0.1, 0.15) is 34.9 Å². The molecule has 150 valence electrons. The molecule has 0 aliphatic carbocycles. The van der Waals surface area contributed by atoms with Crippen molar-refractivity contribution in [3.05, 3.63) is 60.3 Å². The summed E-state index contributed by atoms with van der Waals surface area (Å²) >= 11 is 0. The fourth-order valence-corrected chi connectivity index (χ4v) is 3.58. The van der Waals surface area contributed by atoms with E-state index in [-0.39, 0.29) is 11.8 Å². The van der Waals surface area contributed by atoms with E-state index in [4.69, 9.17) is 9.47 Å². The lowest BCUT2D eigenvalue weighted by molar-refractivity contribution is 0.0693. The van der Waals surface area contributed by atoms with Crippen LogP contribution in [0.4, 0.5) is 0 Å². The Labute approximate surface area is 169 Å². The molecule has 1 saturated heterocycles. The summed E-state index contributed by atoms with van der Waals surface area (Å²) in [4.78, 5) is 23.7. The van der Waals surface area contributed by atoms with Crippen LogP contribution in [0.15, 0.2) is 48.9 Å². The quantitative estimate of drug-likeness (QED) is 0.663. The lowest BCUT2D eigenvalue weighted by Gasteiger charge is -2.32. The van der Waals surface area contributed by atoms with Crippen molar-refractivity contribution < 1.29 is 14.3 Å². The van der Waals surface area contributed by atoms with E-state index < -0.39 is 0 Å². The van der Waals surface area contributed by atoms with E-state index in [0.29, 0.717) is 23.9 Å². The second kappa shape index (κ2) is 8.30. The number of methoxy groups -OCH3 is 1. The van der Waals surface area contributed by atoms with Crippen LogP contribution in [0, 0.1) is 0 Å². The number of carbonyl (C=O) groups is 1. The Morgan fingerprint density at radius 1 is 1.07 bits per heavy atom. The molecule has 0 radical (unpaired) electrons. The molecule has 4 rings (SSSR count). The summed E-state index contributed by atoms with van der Waals surface area (Å²) in [5, 5.41) is 4.10. The number of nitrogens with zero attached hydrogens (tertiary/aromatic N) is 5. The summed E-state index contributed by atoms with van der Waals surface area (Å²) in [6, 6.07) is 9.07. The van der Waals surface area contributed by atoms with Crippen molar-refractivity contribution in [1.29, 1.82) is 0 Å². The molecular formula is C21H23N5O3. The molecule has 0 N–H and O–H groups in total. The van der Waals surface area contributed by atoms with Crippen molar-refractivity contribution >= 4 is 5.91 Å². The number of hydrogen-bond donors (Lipinski definition) is 0. The van der Waals surface area contributed by atoms with Crippen molar-refractivity contribution in [1.82, 2.24) is 24.6 Å². The Balaban J connectivity index is 1.53. The summed E-state index contributed by atoms with van der Waals surface area (Å²) in [6.45, 7) is 1.29. The minimum absolute atomic E-state index is 0.0174. The number of ether oxygens (including phenoxy) is 2. The molecule has 1 aliphatic rings. The number of carbonyl (C=O) groups excluding carboxylic acids is 1.